The summed E-state index contributed by atoms with van der Waals surface area (Å²) in [6.07, 6.45) is 1.65. The van der Waals surface area contributed by atoms with Crippen LogP contribution in [0.15, 0.2) is 81.7 Å². The van der Waals surface area contributed by atoms with Crippen LogP contribution in [0.1, 0.15) is 6.92 Å². The van der Waals surface area contributed by atoms with Crippen molar-refractivity contribution in [2.75, 3.05) is 10.0 Å². The summed E-state index contributed by atoms with van der Waals surface area (Å²) in [5.41, 5.74) is 0.870. The van der Waals surface area contributed by atoms with Gasteiger partial charge in [0.2, 0.25) is 5.91 Å². The molecule has 1 amide bonds. The maximum Gasteiger partial charge on any atom is 0.261 e. The van der Waals surface area contributed by atoms with Gasteiger partial charge in [0.15, 0.2) is 0 Å². The Hall–Kier alpha value is -2.55. The second-order valence-corrected chi connectivity index (χ2v) is 8.82. The summed E-state index contributed by atoms with van der Waals surface area (Å²) in [5.74, 6) is -0.233. The Morgan fingerprint density at radius 1 is 1.04 bits per heavy atom. The number of carbonyl (C=O) groups is 1. The van der Waals surface area contributed by atoms with Crippen molar-refractivity contribution in [3.8, 4) is 0 Å². The van der Waals surface area contributed by atoms with Crippen LogP contribution in [0.2, 0.25) is 5.02 Å². The number of carbonyl (C=O) groups excluding carboxylic acids is 1. The minimum atomic E-state index is -3.85. The molecule has 0 aliphatic carbocycles. The standard InChI is InChI=1S/C19H16ClN3O3S2/c1-13(24)22-14-8-10-15(11-9-14)28(25,26)23-17-6-4-5-16(20)19(17)27-18-7-2-3-12-21-18/h2-12,23H,1H3,(H,22,24). The smallest absolute Gasteiger partial charge is 0.261 e. The molecular formula is C19H16ClN3O3S2. The van der Waals surface area contributed by atoms with Crippen molar-refractivity contribution in [1.82, 2.24) is 4.98 Å². The minimum absolute atomic E-state index is 0.0652. The Balaban J connectivity index is 1.88. The van der Waals surface area contributed by atoms with E-state index in [4.69, 9.17) is 11.6 Å². The fourth-order valence-electron chi connectivity index (χ4n) is 2.33. The highest BCUT2D eigenvalue weighted by Crippen LogP contribution is 2.38. The molecule has 0 saturated heterocycles. The Morgan fingerprint density at radius 3 is 2.43 bits per heavy atom. The summed E-state index contributed by atoms with van der Waals surface area (Å²) in [6.45, 7) is 1.38. The topological polar surface area (TPSA) is 88.2 Å². The predicted octanol–water partition coefficient (Wildman–Crippen LogP) is 4.65. The second-order valence-electron chi connectivity index (χ2n) is 5.70. The fourth-order valence-corrected chi connectivity index (χ4v) is 4.62. The van der Waals surface area contributed by atoms with E-state index < -0.39 is 10.0 Å². The number of halogens is 1. The van der Waals surface area contributed by atoms with E-state index in [0.717, 1.165) is 0 Å². The molecule has 1 heterocycles. The average Bonchev–Trinajstić information content (AvgIpc) is 2.65. The summed E-state index contributed by atoms with van der Waals surface area (Å²) in [4.78, 5) is 16.0. The van der Waals surface area contributed by atoms with Gasteiger partial charge in [0, 0.05) is 18.8 Å². The van der Waals surface area contributed by atoms with Crippen LogP contribution in [0.3, 0.4) is 0 Å². The number of aromatic nitrogens is 1. The van der Waals surface area contributed by atoms with Gasteiger partial charge in [-0.05, 0) is 48.5 Å². The van der Waals surface area contributed by atoms with Crippen LogP contribution in [-0.4, -0.2) is 19.3 Å². The first-order chi connectivity index (χ1) is 13.3. The third-order valence-electron chi connectivity index (χ3n) is 3.54. The molecule has 2 N–H and O–H groups in total. The van der Waals surface area contributed by atoms with E-state index in [1.165, 1.54) is 43.0 Å². The van der Waals surface area contributed by atoms with Crippen LogP contribution in [0, 0.1) is 0 Å². The number of hydrogen-bond donors (Lipinski definition) is 2. The van der Waals surface area contributed by atoms with E-state index in [9.17, 15) is 13.2 Å². The van der Waals surface area contributed by atoms with Crippen molar-refractivity contribution in [1.29, 1.82) is 0 Å². The molecule has 1 aromatic heterocycles. The van der Waals surface area contributed by atoms with Gasteiger partial charge in [0.25, 0.3) is 10.0 Å². The van der Waals surface area contributed by atoms with Gasteiger partial charge in [0.1, 0.15) is 5.03 Å². The number of amides is 1. The Morgan fingerprint density at radius 2 is 1.79 bits per heavy atom. The summed E-state index contributed by atoms with van der Waals surface area (Å²) in [6, 6.07) is 16.3. The first-order valence-corrected chi connectivity index (χ1v) is 10.8. The Kier molecular flexibility index (Phi) is 6.23. The van der Waals surface area contributed by atoms with Crippen LogP contribution in [0.4, 0.5) is 11.4 Å². The third-order valence-corrected chi connectivity index (χ3v) is 6.44. The van der Waals surface area contributed by atoms with Crippen LogP contribution < -0.4 is 10.0 Å². The van der Waals surface area contributed by atoms with Gasteiger partial charge in [0.05, 0.1) is 20.5 Å². The van der Waals surface area contributed by atoms with Gasteiger partial charge >= 0.3 is 0 Å². The molecular weight excluding hydrogens is 418 g/mol. The van der Waals surface area contributed by atoms with Crippen molar-refractivity contribution in [2.24, 2.45) is 0 Å². The number of hydrogen-bond acceptors (Lipinski definition) is 5. The molecule has 28 heavy (non-hydrogen) atoms. The van der Waals surface area contributed by atoms with E-state index in [1.54, 1.807) is 30.5 Å². The summed E-state index contributed by atoms with van der Waals surface area (Å²) >= 11 is 7.57. The van der Waals surface area contributed by atoms with Gasteiger partial charge in [-0.25, -0.2) is 13.4 Å². The molecule has 6 nitrogen and oxygen atoms in total. The lowest BCUT2D eigenvalue weighted by molar-refractivity contribution is -0.114. The van der Waals surface area contributed by atoms with Crippen LogP contribution in [0.5, 0.6) is 0 Å². The first kappa shape index (κ1) is 20.2. The third kappa shape index (κ3) is 5.03. The number of nitrogens with one attached hydrogen (secondary N) is 2. The Bertz CT molecular complexity index is 1090. The highest BCUT2D eigenvalue weighted by Gasteiger charge is 2.18. The van der Waals surface area contributed by atoms with Crippen molar-refractivity contribution in [2.45, 2.75) is 21.7 Å². The lowest BCUT2D eigenvalue weighted by atomic mass is 10.3. The van der Waals surface area contributed by atoms with E-state index in [0.29, 0.717) is 26.3 Å². The molecule has 2 aromatic carbocycles. The summed E-state index contributed by atoms with van der Waals surface area (Å²) in [5, 5.41) is 3.70. The number of benzene rings is 2. The van der Waals surface area contributed by atoms with Crippen molar-refractivity contribution < 1.29 is 13.2 Å². The van der Waals surface area contributed by atoms with Gasteiger partial charge in [-0.1, -0.05) is 35.5 Å². The molecule has 0 spiro atoms. The van der Waals surface area contributed by atoms with Gasteiger partial charge < -0.3 is 5.32 Å². The minimum Gasteiger partial charge on any atom is -0.326 e. The zero-order chi connectivity index (χ0) is 20.1. The molecule has 144 valence electrons. The maximum absolute atomic E-state index is 12.8. The van der Waals surface area contributed by atoms with Crippen LogP contribution in [0.25, 0.3) is 0 Å². The van der Waals surface area contributed by atoms with Crippen molar-refractivity contribution in [3.63, 3.8) is 0 Å². The number of rotatable bonds is 6. The molecule has 0 aliphatic rings. The fraction of sp³-hybridized carbons (Fsp3) is 0.0526. The van der Waals surface area contributed by atoms with E-state index in [-0.39, 0.29) is 10.8 Å². The average molecular weight is 434 g/mol. The molecule has 0 atom stereocenters. The van der Waals surface area contributed by atoms with E-state index >= 15 is 0 Å². The predicted molar refractivity (Wildman–Crippen MR) is 111 cm³/mol. The van der Waals surface area contributed by atoms with E-state index in [2.05, 4.69) is 15.0 Å². The molecule has 0 bridgehead atoms. The normalized spacial score (nSPS) is 11.1. The maximum atomic E-state index is 12.8. The highest BCUT2D eigenvalue weighted by atomic mass is 35.5. The lowest BCUT2D eigenvalue weighted by Crippen LogP contribution is -2.14. The van der Waals surface area contributed by atoms with Gasteiger partial charge in [-0.2, -0.15) is 0 Å². The largest absolute Gasteiger partial charge is 0.326 e. The molecule has 0 unspecified atom stereocenters. The number of sulfonamides is 1. The first-order valence-electron chi connectivity index (χ1n) is 8.13. The zero-order valence-corrected chi connectivity index (χ0v) is 17.1. The molecule has 0 aliphatic heterocycles. The summed E-state index contributed by atoms with van der Waals surface area (Å²) in [7, 11) is -3.85. The number of anilines is 2. The van der Waals surface area contributed by atoms with Gasteiger partial charge in [-0.15, -0.1) is 0 Å². The van der Waals surface area contributed by atoms with E-state index in [1.807, 2.05) is 12.1 Å². The van der Waals surface area contributed by atoms with Gasteiger partial charge in [-0.3, -0.25) is 9.52 Å². The SMILES string of the molecule is CC(=O)Nc1ccc(S(=O)(=O)Nc2cccc(Cl)c2Sc2ccccn2)cc1. The highest BCUT2D eigenvalue weighted by molar-refractivity contribution is 7.99. The molecule has 0 saturated carbocycles. The molecule has 0 radical (unpaired) electrons. The molecule has 0 fully saturated rings. The monoisotopic (exact) mass is 433 g/mol. The van der Waals surface area contributed by atoms with Crippen LogP contribution >= 0.6 is 23.4 Å². The van der Waals surface area contributed by atoms with Crippen molar-refractivity contribution >= 4 is 50.7 Å². The zero-order valence-electron chi connectivity index (χ0n) is 14.7. The molecule has 9 heteroatoms. The number of nitrogens with zero attached hydrogens (tertiary/aromatic N) is 1. The molecule has 3 rings (SSSR count). The van der Waals surface area contributed by atoms with Crippen LogP contribution in [-0.2, 0) is 14.8 Å². The summed E-state index contributed by atoms with van der Waals surface area (Å²) < 4.78 is 28.1. The number of pyridine rings is 1. The Labute approximate surface area is 172 Å². The quantitative estimate of drug-likeness (QED) is 0.591. The van der Waals surface area contributed by atoms with Crippen molar-refractivity contribution in [3.05, 3.63) is 71.9 Å². The second kappa shape index (κ2) is 8.64. The molecule has 3 aromatic rings. The lowest BCUT2D eigenvalue weighted by Gasteiger charge is -2.14.